The van der Waals surface area contributed by atoms with Gasteiger partial charge in [0.05, 0.1) is 11.1 Å². The van der Waals surface area contributed by atoms with Crippen molar-refractivity contribution in [2.24, 2.45) is 4.99 Å². The summed E-state index contributed by atoms with van der Waals surface area (Å²) in [6.45, 7) is 7.97. The van der Waals surface area contributed by atoms with Crippen LogP contribution >= 0.6 is 0 Å². The average Bonchev–Trinajstić information content (AvgIpc) is 2.78. The molecule has 4 aromatic rings. The monoisotopic (exact) mass is 341 g/mol. The summed E-state index contributed by atoms with van der Waals surface area (Å²) in [5, 5.41) is 21.4. The van der Waals surface area contributed by atoms with Crippen LogP contribution in [0.1, 0.15) is 33.3 Å². The van der Waals surface area contributed by atoms with Crippen LogP contribution < -0.4 is 0 Å². The predicted octanol–water partition coefficient (Wildman–Crippen LogP) is 5.55. The highest BCUT2D eigenvalue weighted by Gasteiger charge is 2.50. The molecule has 0 atom stereocenters. The number of rotatable bonds is 1. The molecular weight excluding hydrogens is 320 g/mol. The molecule has 1 aliphatic rings. The largest absolute Gasteiger partial charge is 0.257 e. The molecule has 1 heterocycles. The fraction of sp³-hybridized carbons (Fsp3) is 0.261. The van der Waals surface area contributed by atoms with Crippen molar-refractivity contribution >= 4 is 38.2 Å². The van der Waals surface area contributed by atoms with E-state index in [4.69, 9.17) is 4.99 Å². The molecule has 0 saturated heterocycles. The fourth-order valence-corrected chi connectivity index (χ4v) is 4.02. The number of hydrogen-bond acceptors (Lipinski definition) is 2. The van der Waals surface area contributed by atoms with Crippen LogP contribution in [0.2, 0.25) is 0 Å². The molecule has 0 unspecified atom stereocenters. The minimum Gasteiger partial charge on any atom is -0.257 e. The quantitative estimate of drug-likeness (QED) is 0.418. The van der Waals surface area contributed by atoms with Crippen LogP contribution in [0.5, 0.6) is 0 Å². The number of hydrogen-bond donors (Lipinski definition) is 0. The van der Waals surface area contributed by atoms with Crippen molar-refractivity contribution in [3.63, 3.8) is 0 Å². The van der Waals surface area contributed by atoms with E-state index in [0.717, 1.165) is 21.4 Å². The normalized spacial score (nSPS) is 19.0. The van der Waals surface area contributed by atoms with Gasteiger partial charge in [-0.3, -0.25) is 4.99 Å². The number of hydroxylamine groups is 2. The van der Waals surface area contributed by atoms with Gasteiger partial charge in [-0.05, 0) is 72.1 Å². The second kappa shape index (κ2) is 4.74. The van der Waals surface area contributed by atoms with Gasteiger partial charge in [-0.1, -0.05) is 47.7 Å². The van der Waals surface area contributed by atoms with Crippen molar-refractivity contribution < 1.29 is 5.21 Å². The Balaban J connectivity index is 1.81. The zero-order valence-corrected chi connectivity index (χ0v) is 15.5. The molecule has 0 N–H and O–H groups in total. The molecule has 129 valence electrons. The lowest BCUT2D eigenvalue weighted by Gasteiger charge is -2.35. The van der Waals surface area contributed by atoms with Crippen molar-refractivity contribution in [1.29, 1.82) is 0 Å². The predicted molar refractivity (Wildman–Crippen MR) is 107 cm³/mol. The number of nitrogens with zero attached hydrogens (tertiary/aromatic N) is 2. The van der Waals surface area contributed by atoms with Crippen LogP contribution in [0.15, 0.2) is 59.6 Å². The Morgan fingerprint density at radius 3 is 1.77 bits per heavy atom. The van der Waals surface area contributed by atoms with Gasteiger partial charge < -0.3 is 0 Å². The highest BCUT2D eigenvalue weighted by molar-refractivity contribution is 6.24. The number of amidine groups is 1. The summed E-state index contributed by atoms with van der Waals surface area (Å²) in [5.41, 5.74) is -0.103. The first-order valence-electron chi connectivity index (χ1n) is 9.05. The maximum Gasteiger partial charge on any atom is 0.159 e. The maximum atomic E-state index is 13.0. The third kappa shape index (κ3) is 1.84. The van der Waals surface area contributed by atoms with E-state index >= 15 is 0 Å². The zero-order chi connectivity index (χ0) is 18.3. The summed E-state index contributed by atoms with van der Waals surface area (Å²) in [7, 11) is 0. The summed E-state index contributed by atoms with van der Waals surface area (Å²) >= 11 is 0. The van der Waals surface area contributed by atoms with Gasteiger partial charge in [0.15, 0.2) is 5.84 Å². The molecule has 4 aromatic carbocycles. The van der Waals surface area contributed by atoms with Gasteiger partial charge in [-0.15, -0.1) is 0 Å². The van der Waals surface area contributed by atoms with Gasteiger partial charge in [0.2, 0.25) is 0 Å². The van der Waals surface area contributed by atoms with Gasteiger partial charge in [0.1, 0.15) is 0 Å². The Kier molecular flexibility index (Phi) is 2.84. The molecule has 0 aromatic heterocycles. The van der Waals surface area contributed by atoms with Crippen molar-refractivity contribution in [2.75, 3.05) is 0 Å². The van der Waals surface area contributed by atoms with E-state index in [0.29, 0.717) is 5.84 Å². The van der Waals surface area contributed by atoms with Crippen LogP contribution in [0.3, 0.4) is 0 Å². The molecule has 3 nitrogen and oxygen atoms in total. The van der Waals surface area contributed by atoms with Crippen molar-refractivity contribution in [1.82, 2.24) is 5.06 Å². The van der Waals surface area contributed by atoms with E-state index in [-0.39, 0.29) is 0 Å². The topological polar surface area (TPSA) is 35.5 Å². The van der Waals surface area contributed by atoms with Gasteiger partial charge >= 0.3 is 0 Å². The van der Waals surface area contributed by atoms with Crippen LogP contribution in [-0.4, -0.2) is 22.0 Å². The third-order valence-corrected chi connectivity index (χ3v) is 6.30. The SMILES string of the molecule is CC1(C)N=C(c2cc3ccc4cccc5ccc(c2)c3c45)N([O])C1(C)C. The van der Waals surface area contributed by atoms with E-state index in [1.807, 2.05) is 27.7 Å². The molecule has 1 aliphatic heterocycles. The molecule has 1 radical (unpaired) electrons. The van der Waals surface area contributed by atoms with Crippen LogP contribution in [-0.2, 0) is 5.21 Å². The van der Waals surface area contributed by atoms with E-state index in [9.17, 15) is 5.21 Å². The smallest absolute Gasteiger partial charge is 0.159 e. The Morgan fingerprint density at radius 2 is 1.27 bits per heavy atom. The summed E-state index contributed by atoms with van der Waals surface area (Å²) < 4.78 is 0. The minimum absolute atomic E-state index is 0.428. The van der Waals surface area contributed by atoms with Gasteiger partial charge in [0.25, 0.3) is 0 Å². The molecule has 3 heteroatoms. The minimum atomic E-state index is -0.569. The van der Waals surface area contributed by atoms with Crippen LogP contribution in [0.25, 0.3) is 32.3 Å². The standard InChI is InChI=1S/C23H21N2O/c1-22(2)23(3,4)25(26)21(24-22)18-12-16-10-8-14-6-5-7-15-9-11-17(13-18)20(16)19(14)15/h5-13H,1-4H3. The van der Waals surface area contributed by atoms with E-state index in [1.54, 1.807) is 0 Å². The molecule has 0 saturated carbocycles. The number of benzene rings is 4. The van der Waals surface area contributed by atoms with Crippen molar-refractivity contribution in [3.05, 3.63) is 60.2 Å². The number of aliphatic imine (C=N–C) groups is 1. The Labute approximate surface area is 152 Å². The van der Waals surface area contributed by atoms with Gasteiger partial charge in [-0.2, -0.15) is 5.06 Å². The highest BCUT2D eigenvalue weighted by atomic mass is 16.5. The van der Waals surface area contributed by atoms with Crippen LogP contribution in [0.4, 0.5) is 0 Å². The first kappa shape index (κ1) is 15.6. The molecule has 0 aliphatic carbocycles. The van der Waals surface area contributed by atoms with E-state index in [1.165, 1.54) is 21.5 Å². The van der Waals surface area contributed by atoms with Gasteiger partial charge in [0, 0.05) is 5.56 Å². The average molecular weight is 341 g/mol. The molecule has 0 spiro atoms. The Hall–Kier alpha value is -2.65. The zero-order valence-electron chi connectivity index (χ0n) is 15.5. The van der Waals surface area contributed by atoms with E-state index in [2.05, 4.69) is 54.6 Å². The second-order valence-corrected chi connectivity index (χ2v) is 8.36. The molecule has 0 bridgehead atoms. The summed E-state index contributed by atoms with van der Waals surface area (Å²) in [6, 6.07) is 19.2. The van der Waals surface area contributed by atoms with E-state index < -0.39 is 11.1 Å². The second-order valence-electron chi connectivity index (χ2n) is 8.36. The lowest BCUT2D eigenvalue weighted by atomic mass is 9.84. The first-order valence-corrected chi connectivity index (χ1v) is 9.05. The Morgan fingerprint density at radius 1 is 0.769 bits per heavy atom. The van der Waals surface area contributed by atoms with Gasteiger partial charge in [-0.25, -0.2) is 0 Å². The first-order chi connectivity index (χ1) is 12.3. The highest BCUT2D eigenvalue weighted by Crippen LogP contribution is 2.40. The summed E-state index contributed by atoms with van der Waals surface area (Å²) in [6.07, 6.45) is 0. The lowest BCUT2D eigenvalue weighted by Crippen LogP contribution is -2.50. The molecule has 0 fully saturated rings. The van der Waals surface area contributed by atoms with Crippen LogP contribution in [0, 0.1) is 0 Å². The maximum absolute atomic E-state index is 13.0. The summed E-state index contributed by atoms with van der Waals surface area (Å²) in [4.78, 5) is 4.79. The molecular formula is C23H21N2O. The molecule has 5 rings (SSSR count). The third-order valence-electron chi connectivity index (χ3n) is 6.30. The molecule has 0 amide bonds. The fourth-order valence-electron chi connectivity index (χ4n) is 4.02. The Bertz CT molecular complexity index is 1140. The van der Waals surface area contributed by atoms with Crippen molar-refractivity contribution in [3.8, 4) is 0 Å². The molecule has 26 heavy (non-hydrogen) atoms. The van der Waals surface area contributed by atoms with Crippen molar-refractivity contribution in [2.45, 2.75) is 38.8 Å². The lowest BCUT2D eigenvalue weighted by molar-refractivity contribution is -0.158. The summed E-state index contributed by atoms with van der Waals surface area (Å²) in [5.74, 6) is 0.533.